The number of hydrogen-bond acceptors (Lipinski definition) is 5. The van der Waals surface area contributed by atoms with Crippen molar-refractivity contribution in [3.05, 3.63) is 58.1 Å². The molecule has 0 unspecified atom stereocenters. The van der Waals surface area contributed by atoms with Gasteiger partial charge in [-0.1, -0.05) is 91.0 Å². The van der Waals surface area contributed by atoms with E-state index in [9.17, 15) is 30.4 Å². The molecule has 0 radical (unpaired) electrons. The summed E-state index contributed by atoms with van der Waals surface area (Å²) in [4.78, 5) is 10.6. The second-order valence-corrected chi connectivity index (χ2v) is 24.4. The molecule has 4 N–H and O–H groups in total. The highest BCUT2D eigenvalue weighted by atomic mass is 127. The van der Waals surface area contributed by atoms with Crippen LogP contribution in [0, 0.1) is 11.6 Å². The smallest absolute Gasteiger partial charge is 0.329 e. The molecular formula is C19H22Cl2F2I3N3O5S2. The van der Waals surface area contributed by atoms with Crippen molar-refractivity contribution in [1.29, 1.82) is 0 Å². The lowest BCUT2D eigenvalue weighted by Crippen LogP contribution is -2.48. The monoisotopic (exact) mass is 925 g/mol. The minimum Gasteiger partial charge on any atom is -0.333 e. The fourth-order valence-corrected chi connectivity index (χ4v) is 4.40. The standard InChI is InChI=1S/C11H14ClFN2O3S.C6H5ClFNO2S.C2H3I3/c1-11(2,3)14-10(16)15-19(17,18)9-6-7(13)4-5-8(9)12;7-5-2-1-4(8)3-6(5)12(9,10)11;1-2(3,4)5/h4-6H,1-3H3,(H2,14,15,16);1-3H,(H2,9,10,11);1H3. The van der Waals surface area contributed by atoms with Crippen molar-refractivity contribution in [3.8, 4) is 0 Å². The van der Waals surface area contributed by atoms with Gasteiger partial charge in [-0.2, -0.15) is 0 Å². The first-order chi connectivity index (χ1) is 15.9. The topological polar surface area (TPSA) is 135 Å². The highest BCUT2D eigenvalue weighted by molar-refractivity contribution is 14.3. The third-order valence-electron chi connectivity index (χ3n) is 3.10. The van der Waals surface area contributed by atoms with Gasteiger partial charge in [0.15, 0.2) is 0 Å². The summed E-state index contributed by atoms with van der Waals surface area (Å²) in [7, 11) is -8.15. The lowest BCUT2D eigenvalue weighted by molar-refractivity contribution is 0.237. The van der Waals surface area contributed by atoms with Crippen molar-refractivity contribution in [2.75, 3.05) is 0 Å². The Morgan fingerprint density at radius 1 is 0.861 bits per heavy atom. The first kappa shape index (κ1) is 36.2. The number of amides is 2. The molecule has 0 saturated carbocycles. The number of nitrogens with two attached hydrogens (primary N) is 1. The molecule has 17 heteroatoms. The second kappa shape index (κ2) is 14.5. The number of benzene rings is 2. The van der Waals surface area contributed by atoms with Gasteiger partial charge in [-0.15, -0.1) is 0 Å². The predicted octanol–water partition coefficient (Wildman–Crippen LogP) is 6.36. The maximum absolute atomic E-state index is 13.0. The van der Waals surface area contributed by atoms with E-state index in [0.717, 1.165) is 36.4 Å². The van der Waals surface area contributed by atoms with Crippen LogP contribution in [0.5, 0.6) is 0 Å². The minimum atomic E-state index is -4.22. The van der Waals surface area contributed by atoms with E-state index in [-0.39, 0.29) is 10.0 Å². The summed E-state index contributed by atoms with van der Waals surface area (Å²) in [5, 5.41) is 6.91. The highest BCUT2D eigenvalue weighted by Crippen LogP contribution is 2.33. The van der Waals surface area contributed by atoms with E-state index in [1.54, 1.807) is 25.5 Å². The third kappa shape index (κ3) is 16.2. The zero-order chi connectivity index (χ0) is 28.7. The van der Waals surface area contributed by atoms with Crippen LogP contribution < -0.4 is 15.2 Å². The van der Waals surface area contributed by atoms with Crippen LogP contribution in [0.2, 0.25) is 10.0 Å². The maximum atomic E-state index is 13.0. The van der Waals surface area contributed by atoms with E-state index in [4.69, 9.17) is 28.3 Å². The van der Waals surface area contributed by atoms with Gasteiger partial charge in [0, 0.05) is 5.54 Å². The Morgan fingerprint density at radius 2 is 1.22 bits per heavy atom. The fraction of sp³-hybridized carbons (Fsp3) is 0.316. The first-order valence-electron chi connectivity index (χ1n) is 9.27. The van der Waals surface area contributed by atoms with Crippen LogP contribution in [0.15, 0.2) is 46.2 Å². The molecule has 0 aliphatic carbocycles. The molecule has 2 rings (SSSR count). The molecule has 0 aromatic heterocycles. The SMILES string of the molecule is CC(C)(C)NC(=O)NS(=O)(=O)c1cc(F)ccc1Cl.CC(I)(I)I.NS(=O)(=O)c1cc(F)ccc1Cl. The van der Waals surface area contributed by atoms with Gasteiger partial charge < -0.3 is 5.32 Å². The molecule has 0 aliphatic heterocycles. The molecular weight excluding hydrogens is 904 g/mol. The molecule has 0 aliphatic rings. The summed E-state index contributed by atoms with van der Waals surface area (Å²) >= 11 is 18.2. The largest absolute Gasteiger partial charge is 0.333 e. The number of primary sulfonamides is 1. The lowest BCUT2D eigenvalue weighted by Gasteiger charge is -2.20. The molecule has 0 heterocycles. The number of alkyl halides is 3. The Labute approximate surface area is 260 Å². The average molecular weight is 926 g/mol. The zero-order valence-electron chi connectivity index (χ0n) is 19.0. The molecule has 2 aromatic rings. The van der Waals surface area contributed by atoms with Crippen LogP contribution in [0.4, 0.5) is 13.6 Å². The van der Waals surface area contributed by atoms with Crippen LogP contribution in [0.25, 0.3) is 0 Å². The van der Waals surface area contributed by atoms with E-state index in [2.05, 4.69) is 80.0 Å². The van der Waals surface area contributed by atoms with Crippen LogP contribution in [0.1, 0.15) is 27.7 Å². The number of nitrogens with one attached hydrogen (secondary N) is 2. The second-order valence-electron chi connectivity index (χ2n) is 7.79. The van der Waals surface area contributed by atoms with Crippen LogP contribution >= 0.6 is 91.0 Å². The number of hydrogen-bond donors (Lipinski definition) is 3. The van der Waals surface area contributed by atoms with Gasteiger partial charge >= 0.3 is 6.03 Å². The van der Waals surface area contributed by atoms with Gasteiger partial charge in [-0.3, -0.25) is 0 Å². The zero-order valence-corrected chi connectivity index (χ0v) is 28.7. The summed E-state index contributed by atoms with van der Waals surface area (Å²) in [6.07, 6.45) is 0. The maximum Gasteiger partial charge on any atom is 0.329 e. The number of halogens is 7. The normalized spacial score (nSPS) is 11.9. The van der Waals surface area contributed by atoms with Crippen molar-refractivity contribution < 1.29 is 30.4 Å². The number of rotatable bonds is 3. The Hall–Kier alpha value is 0.200. The molecule has 0 spiro atoms. The van der Waals surface area contributed by atoms with Gasteiger partial charge in [0.1, 0.15) is 20.9 Å². The predicted molar refractivity (Wildman–Crippen MR) is 163 cm³/mol. The van der Waals surface area contributed by atoms with Crippen LogP contribution in [-0.2, 0) is 20.0 Å². The summed E-state index contributed by atoms with van der Waals surface area (Å²) in [5.41, 5.74) is -0.606. The number of carbonyl (C=O) groups is 1. The Balaban J connectivity index is 0.000000611. The highest BCUT2D eigenvalue weighted by Gasteiger charge is 2.23. The van der Waals surface area contributed by atoms with E-state index in [0.29, 0.717) is -0.565 Å². The van der Waals surface area contributed by atoms with E-state index >= 15 is 0 Å². The van der Waals surface area contributed by atoms with E-state index < -0.39 is 53.0 Å². The van der Waals surface area contributed by atoms with Crippen molar-refractivity contribution in [2.45, 2.75) is 42.5 Å². The van der Waals surface area contributed by atoms with Gasteiger partial charge in [-0.25, -0.2) is 40.3 Å². The Bertz CT molecular complexity index is 1280. The van der Waals surface area contributed by atoms with Crippen molar-refractivity contribution in [2.24, 2.45) is 5.14 Å². The van der Waals surface area contributed by atoms with Gasteiger partial charge in [0.05, 0.1) is 10.0 Å². The molecule has 0 atom stereocenters. The lowest BCUT2D eigenvalue weighted by atomic mass is 10.1. The number of sulfonamides is 2. The van der Waals surface area contributed by atoms with Crippen molar-refractivity contribution >= 4 is 117 Å². The Morgan fingerprint density at radius 3 is 1.56 bits per heavy atom. The van der Waals surface area contributed by atoms with E-state index in [1.165, 1.54) is 0 Å². The Kier molecular flexibility index (Phi) is 14.6. The first-order valence-corrected chi connectivity index (χ1v) is 16.3. The minimum absolute atomic E-state index is 0.0844. The number of urea groups is 1. The molecule has 0 saturated heterocycles. The molecule has 2 amide bonds. The quantitative estimate of drug-likeness (QED) is 0.244. The molecule has 204 valence electrons. The van der Waals surface area contributed by atoms with Gasteiger partial charge in [0.25, 0.3) is 10.0 Å². The van der Waals surface area contributed by atoms with Crippen molar-refractivity contribution in [1.82, 2.24) is 10.0 Å². The number of carbonyl (C=O) groups excluding carboxylic acids is 1. The van der Waals surface area contributed by atoms with Crippen LogP contribution in [0.3, 0.4) is 0 Å². The molecule has 8 nitrogen and oxygen atoms in total. The third-order valence-corrected chi connectivity index (χ3v) is 6.30. The van der Waals surface area contributed by atoms with E-state index in [1.807, 2.05) is 0 Å². The fourth-order valence-electron chi connectivity index (χ4n) is 1.92. The molecule has 2 aromatic carbocycles. The average Bonchev–Trinajstić information content (AvgIpc) is 2.62. The summed E-state index contributed by atoms with van der Waals surface area (Å²) in [6, 6.07) is 4.93. The molecule has 36 heavy (non-hydrogen) atoms. The summed E-state index contributed by atoms with van der Waals surface area (Å²) in [6.45, 7) is 7.21. The van der Waals surface area contributed by atoms with Crippen LogP contribution in [-0.4, -0.2) is 27.8 Å². The van der Waals surface area contributed by atoms with Gasteiger partial charge in [0.2, 0.25) is 10.0 Å². The summed E-state index contributed by atoms with van der Waals surface area (Å²) < 4.78 is 72.9. The molecule has 0 bridgehead atoms. The van der Waals surface area contributed by atoms with Gasteiger partial charge in [-0.05, 0) is 64.1 Å². The van der Waals surface area contributed by atoms with Crippen molar-refractivity contribution in [3.63, 3.8) is 0 Å². The summed E-state index contributed by atoms with van der Waals surface area (Å²) in [5.74, 6) is -1.45. The molecule has 0 fully saturated rings.